The van der Waals surface area contributed by atoms with Crippen molar-refractivity contribution in [3.63, 3.8) is 0 Å². The Balaban J connectivity index is 0.00000484. The molecule has 0 atom stereocenters. The van der Waals surface area contributed by atoms with Gasteiger partial charge in [0.15, 0.2) is 5.96 Å². The highest BCUT2D eigenvalue weighted by molar-refractivity contribution is 14.0. The predicted octanol–water partition coefficient (Wildman–Crippen LogP) is 3.42. The number of ether oxygens (including phenoxy) is 1. The lowest BCUT2D eigenvalue weighted by molar-refractivity contribution is -0.137. The van der Waals surface area contributed by atoms with Gasteiger partial charge in [0.2, 0.25) is 0 Å². The number of alkyl halides is 3. The molecule has 1 aromatic rings. The fourth-order valence-electron chi connectivity index (χ4n) is 1.73. The largest absolute Gasteiger partial charge is 0.416 e. The Labute approximate surface area is 151 Å². The predicted molar refractivity (Wildman–Crippen MR) is 96.2 cm³/mol. The zero-order chi connectivity index (χ0) is 16.4. The standard InChI is InChI=1S/C15H22F3N3O.HI/c1-3-19-14(20-9-4-10-22-2)21-11-12-5-7-13(8-6-12)15(16,17)18;/h5-8H,3-4,9-11H2,1-2H3,(H2,19,20,21);1H. The molecule has 0 saturated heterocycles. The molecular formula is C15H23F3IN3O. The number of nitrogens with one attached hydrogen (secondary N) is 2. The minimum atomic E-state index is -4.31. The molecule has 0 unspecified atom stereocenters. The van der Waals surface area contributed by atoms with Gasteiger partial charge >= 0.3 is 6.18 Å². The van der Waals surface area contributed by atoms with Crippen LogP contribution in [0.1, 0.15) is 24.5 Å². The molecule has 1 rings (SSSR count). The molecule has 4 nitrogen and oxygen atoms in total. The Morgan fingerprint density at radius 2 is 1.83 bits per heavy atom. The molecule has 0 aromatic heterocycles. The summed E-state index contributed by atoms with van der Waals surface area (Å²) in [6.07, 6.45) is -3.46. The first-order chi connectivity index (χ1) is 10.5. The SMILES string of the molecule is CCNC(=NCc1ccc(C(F)(F)F)cc1)NCCCOC.I. The topological polar surface area (TPSA) is 45.7 Å². The summed E-state index contributed by atoms with van der Waals surface area (Å²) < 4.78 is 42.4. The van der Waals surface area contributed by atoms with Crippen molar-refractivity contribution >= 4 is 29.9 Å². The molecule has 2 N–H and O–H groups in total. The monoisotopic (exact) mass is 445 g/mol. The van der Waals surface area contributed by atoms with Gasteiger partial charge in [0.1, 0.15) is 0 Å². The molecule has 23 heavy (non-hydrogen) atoms. The van der Waals surface area contributed by atoms with E-state index in [1.54, 1.807) is 7.11 Å². The van der Waals surface area contributed by atoms with Crippen molar-refractivity contribution < 1.29 is 17.9 Å². The van der Waals surface area contributed by atoms with Gasteiger partial charge in [0, 0.05) is 26.8 Å². The number of rotatable bonds is 7. The molecule has 0 spiro atoms. The van der Waals surface area contributed by atoms with Gasteiger partial charge in [-0.25, -0.2) is 4.99 Å². The van der Waals surface area contributed by atoms with Crippen LogP contribution in [-0.4, -0.2) is 32.8 Å². The van der Waals surface area contributed by atoms with Gasteiger partial charge in [-0.2, -0.15) is 13.2 Å². The van der Waals surface area contributed by atoms with E-state index in [-0.39, 0.29) is 24.0 Å². The molecule has 1 aromatic carbocycles. The van der Waals surface area contributed by atoms with E-state index < -0.39 is 11.7 Å². The molecule has 0 aliphatic carbocycles. The molecule has 0 fully saturated rings. The van der Waals surface area contributed by atoms with Gasteiger partial charge < -0.3 is 15.4 Å². The van der Waals surface area contributed by atoms with E-state index in [4.69, 9.17) is 4.74 Å². The van der Waals surface area contributed by atoms with Gasteiger partial charge in [0.25, 0.3) is 0 Å². The first kappa shape index (κ1) is 22.0. The highest BCUT2D eigenvalue weighted by Gasteiger charge is 2.29. The van der Waals surface area contributed by atoms with E-state index in [1.807, 2.05) is 6.92 Å². The maximum absolute atomic E-state index is 12.5. The lowest BCUT2D eigenvalue weighted by atomic mass is 10.1. The summed E-state index contributed by atoms with van der Waals surface area (Å²) in [6, 6.07) is 5.04. The molecule has 132 valence electrons. The van der Waals surface area contributed by atoms with E-state index in [9.17, 15) is 13.2 Å². The Kier molecular flexibility index (Phi) is 11.0. The average Bonchev–Trinajstić information content (AvgIpc) is 2.48. The number of benzene rings is 1. The highest BCUT2D eigenvalue weighted by atomic mass is 127. The highest BCUT2D eigenvalue weighted by Crippen LogP contribution is 2.29. The zero-order valence-corrected chi connectivity index (χ0v) is 15.6. The van der Waals surface area contributed by atoms with Crippen LogP contribution in [0.3, 0.4) is 0 Å². The Bertz CT molecular complexity index is 464. The van der Waals surface area contributed by atoms with Crippen LogP contribution in [0.25, 0.3) is 0 Å². The fraction of sp³-hybridized carbons (Fsp3) is 0.533. The van der Waals surface area contributed by atoms with Gasteiger partial charge in [-0.3, -0.25) is 0 Å². The van der Waals surface area contributed by atoms with E-state index in [0.717, 1.165) is 24.1 Å². The molecular weight excluding hydrogens is 422 g/mol. The summed E-state index contributed by atoms with van der Waals surface area (Å²) in [7, 11) is 1.64. The minimum absolute atomic E-state index is 0. The summed E-state index contributed by atoms with van der Waals surface area (Å²) in [5, 5.41) is 6.22. The molecule has 0 amide bonds. The van der Waals surface area contributed by atoms with Crippen LogP contribution < -0.4 is 10.6 Å². The molecule has 0 heterocycles. The zero-order valence-electron chi connectivity index (χ0n) is 13.2. The van der Waals surface area contributed by atoms with Gasteiger partial charge in [-0.05, 0) is 31.0 Å². The lowest BCUT2D eigenvalue weighted by Gasteiger charge is -2.11. The van der Waals surface area contributed by atoms with E-state index in [2.05, 4.69) is 15.6 Å². The van der Waals surface area contributed by atoms with Crippen molar-refractivity contribution in [2.45, 2.75) is 26.1 Å². The number of aliphatic imine (C=N–C) groups is 1. The van der Waals surface area contributed by atoms with Gasteiger partial charge in [-0.1, -0.05) is 12.1 Å². The summed E-state index contributed by atoms with van der Waals surface area (Å²) in [5.74, 6) is 0.638. The first-order valence-corrected chi connectivity index (χ1v) is 7.14. The number of hydrogen-bond acceptors (Lipinski definition) is 2. The Morgan fingerprint density at radius 3 is 2.35 bits per heavy atom. The van der Waals surface area contributed by atoms with E-state index in [1.165, 1.54) is 12.1 Å². The summed E-state index contributed by atoms with van der Waals surface area (Å²) in [4.78, 5) is 4.35. The lowest BCUT2D eigenvalue weighted by Crippen LogP contribution is -2.38. The second kappa shape index (κ2) is 11.5. The molecule has 0 saturated carbocycles. The number of methoxy groups -OCH3 is 1. The smallest absolute Gasteiger partial charge is 0.385 e. The van der Waals surface area contributed by atoms with Gasteiger partial charge in [0.05, 0.1) is 12.1 Å². The van der Waals surface area contributed by atoms with Crippen LogP contribution in [0.4, 0.5) is 13.2 Å². The van der Waals surface area contributed by atoms with Crippen molar-refractivity contribution in [3.05, 3.63) is 35.4 Å². The van der Waals surface area contributed by atoms with E-state index in [0.29, 0.717) is 32.2 Å². The molecule has 0 radical (unpaired) electrons. The van der Waals surface area contributed by atoms with Gasteiger partial charge in [-0.15, -0.1) is 24.0 Å². The molecule has 8 heteroatoms. The Morgan fingerprint density at radius 1 is 1.17 bits per heavy atom. The average molecular weight is 445 g/mol. The maximum atomic E-state index is 12.5. The third-order valence-electron chi connectivity index (χ3n) is 2.86. The van der Waals surface area contributed by atoms with Crippen LogP contribution in [0.2, 0.25) is 0 Å². The van der Waals surface area contributed by atoms with Crippen LogP contribution in [-0.2, 0) is 17.5 Å². The molecule has 0 aliphatic rings. The van der Waals surface area contributed by atoms with Crippen LogP contribution in [0, 0.1) is 0 Å². The normalized spacial score (nSPS) is 11.8. The van der Waals surface area contributed by atoms with Crippen molar-refractivity contribution in [1.82, 2.24) is 10.6 Å². The third kappa shape index (κ3) is 8.99. The van der Waals surface area contributed by atoms with Crippen molar-refractivity contribution in [1.29, 1.82) is 0 Å². The second-order valence-corrected chi connectivity index (χ2v) is 4.66. The van der Waals surface area contributed by atoms with Crippen LogP contribution >= 0.6 is 24.0 Å². The van der Waals surface area contributed by atoms with Crippen LogP contribution in [0.5, 0.6) is 0 Å². The quantitative estimate of drug-likeness (QED) is 0.293. The number of nitrogens with zero attached hydrogens (tertiary/aromatic N) is 1. The van der Waals surface area contributed by atoms with Crippen LogP contribution in [0.15, 0.2) is 29.3 Å². The van der Waals surface area contributed by atoms with Crippen molar-refractivity contribution in [2.75, 3.05) is 26.8 Å². The van der Waals surface area contributed by atoms with Crippen molar-refractivity contribution in [3.8, 4) is 0 Å². The second-order valence-electron chi connectivity index (χ2n) is 4.66. The summed E-state index contributed by atoms with van der Waals surface area (Å²) >= 11 is 0. The maximum Gasteiger partial charge on any atom is 0.416 e. The Hall–Kier alpha value is -1.03. The van der Waals surface area contributed by atoms with E-state index >= 15 is 0 Å². The number of hydrogen-bond donors (Lipinski definition) is 2. The molecule has 0 bridgehead atoms. The summed E-state index contributed by atoms with van der Waals surface area (Å²) in [5.41, 5.74) is 0.0759. The fourth-order valence-corrected chi connectivity index (χ4v) is 1.73. The third-order valence-corrected chi connectivity index (χ3v) is 2.86. The minimum Gasteiger partial charge on any atom is -0.385 e. The number of guanidine groups is 1. The first-order valence-electron chi connectivity index (χ1n) is 7.14. The van der Waals surface area contributed by atoms with Crippen molar-refractivity contribution in [2.24, 2.45) is 4.99 Å². The molecule has 0 aliphatic heterocycles. The number of halogens is 4. The summed E-state index contributed by atoms with van der Waals surface area (Å²) in [6.45, 7) is 4.35.